The first-order valence-corrected chi connectivity index (χ1v) is 11.6. The van der Waals surface area contributed by atoms with Gasteiger partial charge in [-0.15, -0.1) is 0 Å². The SMILES string of the molecule is O=C(Nc1cnc(C2COC3(CCC(F)(F)CC3)OC2)c(Cl)c1)Nc1c[nH]c2ccc(Cl)cc12. The molecule has 1 aliphatic carbocycles. The molecule has 34 heavy (non-hydrogen) atoms. The Labute approximate surface area is 204 Å². The molecule has 2 aromatic heterocycles. The van der Waals surface area contributed by atoms with Crippen molar-refractivity contribution in [2.24, 2.45) is 0 Å². The van der Waals surface area contributed by atoms with Crippen LogP contribution in [0.1, 0.15) is 37.3 Å². The molecule has 3 N–H and O–H groups in total. The molecule has 0 radical (unpaired) electrons. The first-order chi connectivity index (χ1) is 16.2. The number of halogens is 4. The number of carbonyl (C=O) groups excluding carboxylic acids is 1. The van der Waals surface area contributed by atoms with Crippen molar-refractivity contribution < 1.29 is 23.0 Å². The number of hydrogen-bond donors (Lipinski definition) is 3. The van der Waals surface area contributed by atoms with E-state index in [1.54, 1.807) is 24.4 Å². The van der Waals surface area contributed by atoms with E-state index in [1.165, 1.54) is 6.20 Å². The first-order valence-electron chi connectivity index (χ1n) is 10.9. The minimum atomic E-state index is -2.66. The number of carbonyl (C=O) groups is 1. The minimum Gasteiger partial charge on any atom is -0.359 e. The largest absolute Gasteiger partial charge is 0.359 e. The fourth-order valence-electron chi connectivity index (χ4n) is 4.34. The summed E-state index contributed by atoms with van der Waals surface area (Å²) in [5.74, 6) is -3.84. The maximum atomic E-state index is 13.5. The van der Waals surface area contributed by atoms with E-state index in [4.69, 9.17) is 32.7 Å². The third kappa shape index (κ3) is 4.84. The lowest BCUT2D eigenvalue weighted by Crippen LogP contribution is -2.48. The van der Waals surface area contributed by atoms with Gasteiger partial charge < -0.3 is 25.1 Å². The van der Waals surface area contributed by atoms with Crippen molar-refractivity contribution >= 4 is 51.5 Å². The molecule has 180 valence electrons. The highest BCUT2D eigenvalue weighted by Crippen LogP contribution is 2.44. The number of rotatable bonds is 3. The first kappa shape index (κ1) is 23.3. The van der Waals surface area contributed by atoms with Crippen molar-refractivity contribution in [3.8, 4) is 0 Å². The highest BCUT2D eigenvalue weighted by molar-refractivity contribution is 6.32. The van der Waals surface area contributed by atoms with E-state index >= 15 is 0 Å². The van der Waals surface area contributed by atoms with Gasteiger partial charge in [-0.25, -0.2) is 13.6 Å². The standard InChI is InChI=1S/C23H22Cl2F2N4O3/c24-14-1-2-18-16(7-14)19(10-28-18)31-21(32)30-15-8-17(25)20(29-9-15)13-11-33-23(34-12-13)5-3-22(26,27)4-6-23/h1-2,7-10,13,28H,3-6,11-12H2,(H2,30,31,32). The Balaban J connectivity index is 1.20. The summed E-state index contributed by atoms with van der Waals surface area (Å²) in [7, 11) is 0. The van der Waals surface area contributed by atoms with Crippen LogP contribution >= 0.6 is 23.2 Å². The monoisotopic (exact) mass is 510 g/mol. The van der Waals surface area contributed by atoms with Crippen molar-refractivity contribution in [2.75, 3.05) is 23.8 Å². The summed E-state index contributed by atoms with van der Waals surface area (Å²) in [6.07, 6.45) is 3.01. The van der Waals surface area contributed by atoms with Crippen molar-refractivity contribution in [2.45, 2.75) is 43.3 Å². The number of ether oxygens (including phenoxy) is 2. The number of aromatic amines is 1. The molecule has 7 nitrogen and oxygen atoms in total. The van der Waals surface area contributed by atoms with Crippen LogP contribution in [0.5, 0.6) is 0 Å². The van der Waals surface area contributed by atoms with Crippen LogP contribution in [-0.4, -0.2) is 40.9 Å². The molecule has 0 atom stereocenters. The van der Waals surface area contributed by atoms with Gasteiger partial charge in [-0.2, -0.15) is 0 Å². The number of aromatic nitrogens is 2. The molecule has 0 bridgehead atoms. The van der Waals surface area contributed by atoms with Gasteiger partial charge in [0.2, 0.25) is 5.92 Å². The van der Waals surface area contributed by atoms with Gasteiger partial charge in [-0.05, 0) is 24.3 Å². The molecule has 2 aliphatic rings. The van der Waals surface area contributed by atoms with Crippen molar-refractivity contribution in [3.05, 3.63) is 52.4 Å². The molecule has 2 fully saturated rings. The number of urea groups is 1. The van der Waals surface area contributed by atoms with Gasteiger partial charge in [-0.1, -0.05) is 23.2 Å². The van der Waals surface area contributed by atoms with Gasteiger partial charge in [0.1, 0.15) is 0 Å². The molecule has 5 rings (SSSR count). The molecule has 3 heterocycles. The van der Waals surface area contributed by atoms with E-state index in [-0.39, 0.29) is 44.8 Å². The molecule has 1 aliphatic heterocycles. The zero-order valence-corrected chi connectivity index (χ0v) is 19.5. The topological polar surface area (TPSA) is 88.3 Å². The smallest absolute Gasteiger partial charge is 0.323 e. The second-order valence-corrected chi connectivity index (χ2v) is 9.49. The number of alkyl halides is 2. The molecular formula is C23H22Cl2F2N4O3. The number of fused-ring (bicyclic) bond motifs is 1. The Morgan fingerprint density at radius 3 is 2.53 bits per heavy atom. The summed E-state index contributed by atoms with van der Waals surface area (Å²) in [6.45, 7) is 0.545. The normalized spacial score (nSPS) is 19.9. The summed E-state index contributed by atoms with van der Waals surface area (Å²) < 4.78 is 38.7. The highest BCUT2D eigenvalue weighted by atomic mass is 35.5. The molecule has 0 unspecified atom stereocenters. The van der Waals surface area contributed by atoms with E-state index in [2.05, 4.69) is 20.6 Å². The molecule has 1 spiro atoms. The Hall–Kier alpha value is -2.46. The summed E-state index contributed by atoms with van der Waals surface area (Å²) in [4.78, 5) is 20.0. The van der Waals surface area contributed by atoms with Gasteiger partial charge in [0, 0.05) is 53.7 Å². The number of H-pyrrole nitrogens is 1. The van der Waals surface area contributed by atoms with E-state index < -0.39 is 17.7 Å². The zero-order chi connectivity index (χ0) is 23.9. The van der Waals surface area contributed by atoms with Crippen LogP contribution in [-0.2, 0) is 9.47 Å². The third-order valence-electron chi connectivity index (χ3n) is 6.24. The summed E-state index contributed by atoms with van der Waals surface area (Å²) in [5.41, 5.74) is 2.40. The Morgan fingerprint density at radius 1 is 1.09 bits per heavy atom. The number of benzene rings is 1. The summed E-state index contributed by atoms with van der Waals surface area (Å²) in [6, 6.07) is 6.48. The molecular weight excluding hydrogens is 489 g/mol. The van der Waals surface area contributed by atoms with Crippen LogP contribution in [0.25, 0.3) is 10.9 Å². The Kier molecular flexibility index (Phi) is 6.14. The van der Waals surface area contributed by atoms with Crippen molar-refractivity contribution in [3.63, 3.8) is 0 Å². The molecule has 11 heteroatoms. The van der Waals surface area contributed by atoms with E-state index in [9.17, 15) is 13.6 Å². The lowest BCUT2D eigenvalue weighted by atomic mass is 9.89. The maximum Gasteiger partial charge on any atom is 0.323 e. The second kappa shape index (κ2) is 8.96. The van der Waals surface area contributed by atoms with Gasteiger partial charge in [0.25, 0.3) is 0 Å². The van der Waals surface area contributed by atoms with Crippen LogP contribution in [0.15, 0.2) is 36.7 Å². The van der Waals surface area contributed by atoms with Gasteiger partial charge in [0.05, 0.1) is 41.5 Å². The molecule has 3 aromatic rings. The second-order valence-electron chi connectivity index (χ2n) is 8.65. The minimum absolute atomic E-state index is 0.161. The van der Waals surface area contributed by atoms with E-state index in [1.807, 2.05) is 6.07 Å². The molecule has 2 amide bonds. The number of amides is 2. The van der Waals surface area contributed by atoms with Crippen LogP contribution in [0.2, 0.25) is 10.0 Å². The zero-order valence-electron chi connectivity index (χ0n) is 18.0. The Bertz CT molecular complexity index is 1220. The van der Waals surface area contributed by atoms with Crippen LogP contribution in [0.4, 0.5) is 25.0 Å². The predicted octanol–water partition coefficient (Wildman–Crippen LogP) is 6.55. The van der Waals surface area contributed by atoms with E-state index in [0.29, 0.717) is 27.1 Å². The maximum absolute atomic E-state index is 13.5. The molecule has 1 saturated carbocycles. The number of nitrogens with zero attached hydrogens (tertiary/aromatic N) is 1. The average Bonchev–Trinajstić information content (AvgIpc) is 3.18. The predicted molar refractivity (Wildman–Crippen MR) is 126 cm³/mol. The quantitative estimate of drug-likeness (QED) is 0.372. The number of nitrogens with one attached hydrogen (secondary N) is 3. The van der Waals surface area contributed by atoms with Crippen LogP contribution in [0, 0.1) is 0 Å². The number of hydrogen-bond acceptors (Lipinski definition) is 4. The third-order valence-corrected chi connectivity index (χ3v) is 6.78. The van der Waals surface area contributed by atoms with E-state index in [0.717, 1.165) is 10.9 Å². The van der Waals surface area contributed by atoms with Gasteiger partial charge >= 0.3 is 6.03 Å². The fourth-order valence-corrected chi connectivity index (χ4v) is 4.83. The van der Waals surface area contributed by atoms with Crippen molar-refractivity contribution in [1.29, 1.82) is 0 Å². The Morgan fingerprint density at radius 2 is 1.82 bits per heavy atom. The number of anilines is 2. The van der Waals surface area contributed by atoms with Crippen LogP contribution < -0.4 is 10.6 Å². The van der Waals surface area contributed by atoms with Gasteiger partial charge in [0.15, 0.2) is 5.79 Å². The summed E-state index contributed by atoms with van der Waals surface area (Å²) >= 11 is 12.5. The van der Waals surface area contributed by atoms with Crippen molar-refractivity contribution in [1.82, 2.24) is 9.97 Å². The molecule has 1 saturated heterocycles. The van der Waals surface area contributed by atoms with Crippen LogP contribution in [0.3, 0.4) is 0 Å². The molecule has 1 aromatic carbocycles. The average molecular weight is 511 g/mol. The van der Waals surface area contributed by atoms with Gasteiger partial charge in [-0.3, -0.25) is 4.98 Å². The number of pyridine rings is 1. The summed E-state index contributed by atoms with van der Waals surface area (Å²) in [5, 5.41) is 7.17. The lowest BCUT2D eigenvalue weighted by Gasteiger charge is -2.44. The fraction of sp³-hybridized carbons (Fsp3) is 0.391. The lowest BCUT2D eigenvalue weighted by molar-refractivity contribution is -0.300. The highest BCUT2D eigenvalue weighted by Gasteiger charge is 2.47.